The largest absolute Gasteiger partial charge is 0.361 e. The Hall–Kier alpha value is -0.850. The van der Waals surface area contributed by atoms with Gasteiger partial charge < -0.3 is 9.05 Å². The molecule has 0 spiro atoms. The van der Waals surface area contributed by atoms with Crippen molar-refractivity contribution in [2.45, 2.75) is 86.5 Å². The normalized spacial score (nSPS) is 17.3. The molecule has 3 nitrogen and oxygen atoms in total. The van der Waals surface area contributed by atoms with E-state index in [-0.39, 0.29) is 5.41 Å². The van der Waals surface area contributed by atoms with E-state index in [1.54, 1.807) is 0 Å². The second-order valence-corrected chi connectivity index (χ2v) is 9.99. The van der Waals surface area contributed by atoms with E-state index < -0.39 is 7.60 Å². The Morgan fingerprint density at radius 1 is 1.19 bits per heavy atom. The Morgan fingerprint density at radius 3 is 2.30 bits per heavy atom. The molecular weight excluding hydrogens is 355 g/mol. The fraction of sp³-hybridized carbons (Fsp3) is 0.696. The van der Waals surface area contributed by atoms with Crippen molar-refractivity contribution in [3.8, 4) is 0 Å². The number of allylic oxidation sites excluding steroid dienone is 5. The lowest BCUT2D eigenvalue weighted by molar-refractivity contribution is 0.207. The summed E-state index contributed by atoms with van der Waals surface area (Å²) in [5, 5.41) is 0. The van der Waals surface area contributed by atoms with Crippen LogP contribution >= 0.6 is 7.60 Å². The van der Waals surface area contributed by atoms with Gasteiger partial charge in [0.05, 0.1) is 19.0 Å². The molecule has 1 rings (SSSR count). The number of hydrogen-bond acceptors (Lipinski definition) is 3. The highest BCUT2D eigenvalue weighted by Gasteiger charge is 2.26. The predicted octanol–water partition coefficient (Wildman–Crippen LogP) is 7.95. The molecule has 0 aromatic carbocycles. The molecule has 0 saturated heterocycles. The molecule has 1 aliphatic carbocycles. The minimum atomic E-state index is -3.23. The average Bonchev–Trinajstić information content (AvgIpc) is 2.60. The van der Waals surface area contributed by atoms with Crippen LogP contribution in [0.1, 0.15) is 86.5 Å². The standard InChI is InChI=1S/C23H39O3P/c1-7-9-17-25-27(24,26-18-10-8-2)19-15-20(3)13-14-22-21(4)12-11-16-23(22,5)6/h13-14,19H,7-12,16-18H2,1-6H3. The van der Waals surface area contributed by atoms with Gasteiger partial charge in [0.25, 0.3) is 0 Å². The van der Waals surface area contributed by atoms with Gasteiger partial charge in [0, 0.05) is 0 Å². The van der Waals surface area contributed by atoms with Crippen molar-refractivity contribution in [2.24, 2.45) is 5.41 Å². The zero-order valence-electron chi connectivity index (χ0n) is 18.3. The second kappa shape index (κ2) is 11.9. The first-order valence-electron chi connectivity index (χ1n) is 10.5. The summed E-state index contributed by atoms with van der Waals surface area (Å²) in [5.74, 6) is 1.51. The fourth-order valence-corrected chi connectivity index (χ4v) is 4.58. The van der Waals surface area contributed by atoms with Gasteiger partial charge in [-0.1, -0.05) is 58.3 Å². The average molecular weight is 395 g/mol. The van der Waals surface area contributed by atoms with Crippen molar-refractivity contribution in [2.75, 3.05) is 13.2 Å². The van der Waals surface area contributed by atoms with Crippen LogP contribution in [0.15, 0.2) is 40.4 Å². The Morgan fingerprint density at radius 2 is 1.78 bits per heavy atom. The number of rotatable bonds is 11. The van der Waals surface area contributed by atoms with Gasteiger partial charge in [0.15, 0.2) is 0 Å². The molecule has 0 aliphatic heterocycles. The van der Waals surface area contributed by atoms with Crippen LogP contribution < -0.4 is 0 Å². The van der Waals surface area contributed by atoms with Gasteiger partial charge >= 0.3 is 7.60 Å². The highest BCUT2D eigenvalue weighted by atomic mass is 31.2. The molecule has 0 atom stereocenters. The van der Waals surface area contributed by atoms with Crippen molar-refractivity contribution in [3.63, 3.8) is 0 Å². The van der Waals surface area contributed by atoms with Gasteiger partial charge in [-0.15, -0.1) is 5.73 Å². The Balaban J connectivity index is 2.93. The second-order valence-electron chi connectivity index (χ2n) is 8.13. The monoisotopic (exact) mass is 394 g/mol. The van der Waals surface area contributed by atoms with Crippen molar-refractivity contribution in [1.82, 2.24) is 0 Å². The van der Waals surface area contributed by atoms with E-state index in [2.05, 4.69) is 52.5 Å². The highest BCUT2D eigenvalue weighted by molar-refractivity contribution is 7.57. The minimum Gasteiger partial charge on any atom is -0.305 e. The van der Waals surface area contributed by atoms with Gasteiger partial charge in [0.1, 0.15) is 0 Å². The Bertz CT molecular complexity index is 620. The zero-order chi connectivity index (χ0) is 20.3. The van der Waals surface area contributed by atoms with Gasteiger partial charge in [-0.2, -0.15) is 0 Å². The molecule has 0 amide bonds. The van der Waals surface area contributed by atoms with Gasteiger partial charge in [-0.25, -0.2) is 0 Å². The summed E-state index contributed by atoms with van der Waals surface area (Å²) >= 11 is 0. The van der Waals surface area contributed by atoms with Crippen LogP contribution in [0.5, 0.6) is 0 Å². The lowest BCUT2D eigenvalue weighted by atomic mass is 9.72. The lowest BCUT2D eigenvalue weighted by Crippen LogP contribution is -2.19. The van der Waals surface area contributed by atoms with E-state index in [0.717, 1.165) is 31.3 Å². The summed E-state index contributed by atoms with van der Waals surface area (Å²) in [6.45, 7) is 13.9. The van der Waals surface area contributed by atoms with E-state index in [4.69, 9.17) is 9.05 Å². The summed E-state index contributed by atoms with van der Waals surface area (Å²) in [6, 6.07) is 0. The maximum absolute atomic E-state index is 12.9. The molecule has 0 heterocycles. The Labute approximate surface area is 167 Å². The molecule has 0 saturated carbocycles. The van der Waals surface area contributed by atoms with Crippen LogP contribution in [0, 0.1) is 5.41 Å². The maximum Gasteiger partial charge on any atom is 0.361 e. The number of hydrogen-bond donors (Lipinski definition) is 0. The summed E-state index contributed by atoms with van der Waals surface area (Å²) in [6.07, 6.45) is 11.7. The molecule has 0 unspecified atom stereocenters. The third-order valence-electron chi connectivity index (χ3n) is 5.03. The summed E-state index contributed by atoms with van der Waals surface area (Å²) in [7, 11) is -3.23. The van der Waals surface area contributed by atoms with Crippen LogP contribution in [0.4, 0.5) is 0 Å². The third kappa shape index (κ3) is 8.79. The van der Waals surface area contributed by atoms with Crippen LogP contribution in [0.2, 0.25) is 0 Å². The molecule has 1 aliphatic rings. The van der Waals surface area contributed by atoms with E-state index in [9.17, 15) is 4.57 Å². The molecule has 0 radical (unpaired) electrons. The van der Waals surface area contributed by atoms with Crippen LogP contribution in [-0.2, 0) is 13.6 Å². The molecule has 0 bridgehead atoms. The minimum absolute atomic E-state index is 0.213. The molecule has 154 valence electrons. The van der Waals surface area contributed by atoms with E-state index in [1.807, 2.05) is 6.92 Å². The first-order chi connectivity index (χ1) is 12.7. The van der Waals surface area contributed by atoms with E-state index in [1.165, 1.54) is 36.2 Å². The van der Waals surface area contributed by atoms with Crippen LogP contribution in [0.3, 0.4) is 0 Å². The molecule has 0 fully saturated rings. The predicted molar refractivity (Wildman–Crippen MR) is 116 cm³/mol. The summed E-state index contributed by atoms with van der Waals surface area (Å²) < 4.78 is 24.1. The SMILES string of the molecule is CCCCOP(=O)(C=C=C(C)C=CC1=C(C)CCCC1(C)C)OCCCC. The molecule has 4 heteroatoms. The van der Waals surface area contributed by atoms with Gasteiger partial charge in [-0.3, -0.25) is 4.57 Å². The molecular formula is C23H39O3P. The molecule has 0 aromatic rings. The Kier molecular flexibility index (Phi) is 10.6. The smallest absolute Gasteiger partial charge is 0.305 e. The first-order valence-corrected chi connectivity index (χ1v) is 12.1. The number of unbranched alkanes of at least 4 members (excludes halogenated alkanes) is 2. The zero-order valence-corrected chi connectivity index (χ0v) is 19.2. The first kappa shape index (κ1) is 24.2. The quantitative estimate of drug-likeness (QED) is 0.154. The topological polar surface area (TPSA) is 35.5 Å². The van der Waals surface area contributed by atoms with E-state index >= 15 is 0 Å². The van der Waals surface area contributed by atoms with Crippen LogP contribution in [-0.4, -0.2) is 13.2 Å². The lowest BCUT2D eigenvalue weighted by Gasteiger charge is -2.32. The van der Waals surface area contributed by atoms with E-state index in [0.29, 0.717) is 13.2 Å². The van der Waals surface area contributed by atoms with Crippen LogP contribution in [0.25, 0.3) is 0 Å². The van der Waals surface area contributed by atoms with Crippen molar-refractivity contribution in [1.29, 1.82) is 0 Å². The summed E-state index contributed by atoms with van der Waals surface area (Å²) in [5.41, 5.74) is 7.15. The molecule has 0 aromatic heterocycles. The highest BCUT2D eigenvalue weighted by Crippen LogP contribution is 2.50. The third-order valence-corrected chi connectivity index (χ3v) is 6.56. The van der Waals surface area contributed by atoms with Crippen molar-refractivity contribution in [3.05, 3.63) is 40.4 Å². The molecule has 27 heavy (non-hydrogen) atoms. The van der Waals surface area contributed by atoms with Gasteiger partial charge in [-0.05, 0) is 62.5 Å². The van der Waals surface area contributed by atoms with Gasteiger partial charge in [0.2, 0.25) is 0 Å². The summed E-state index contributed by atoms with van der Waals surface area (Å²) in [4.78, 5) is 0. The van der Waals surface area contributed by atoms with Crippen molar-refractivity contribution < 1.29 is 13.6 Å². The molecule has 0 N–H and O–H groups in total. The fourth-order valence-electron chi connectivity index (χ4n) is 3.23. The maximum atomic E-state index is 12.9. The van der Waals surface area contributed by atoms with Crippen molar-refractivity contribution >= 4 is 7.60 Å².